The van der Waals surface area contributed by atoms with Crippen molar-refractivity contribution in [3.63, 3.8) is 0 Å². The third-order valence-corrected chi connectivity index (χ3v) is 6.58. The summed E-state index contributed by atoms with van der Waals surface area (Å²) in [4.78, 5) is 4.03. The number of sulfonamides is 1. The predicted molar refractivity (Wildman–Crippen MR) is 73.9 cm³/mol. The lowest BCUT2D eigenvalue weighted by Gasteiger charge is -2.31. The monoisotopic (exact) mass is 313 g/mol. The van der Waals surface area contributed by atoms with Crippen molar-refractivity contribution in [2.45, 2.75) is 30.0 Å². The lowest BCUT2D eigenvalue weighted by atomic mass is 10.1. The van der Waals surface area contributed by atoms with Gasteiger partial charge in [0, 0.05) is 19.3 Å². The Morgan fingerprint density at radius 2 is 2.30 bits per heavy atom. The van der Waals surface area contributed by atoms with Gasteiger partial charge in [-0.25, -0.2) is 18.1 Å². The highest BCUT2D eigenvalue weighted by Gasteiger charge is 2.32. The minimum atomic E-state index is -3.44. The van der Waals surface area contributed by atoms with Crippen LogP contribution in [0.15, 0.2) is 22.8 Å². The van der Waals surface area contributed by atoms with E-state index in [4.69, 9.17) is 0 Å². The molecule has 0 saturated carbocycles. The van der Waals surface area contributed by atoms with E-state index in [9.17, 15) is 8.42 Å². The molecule has 7 nitrogen and oxygen atoms in total. The Morgan fingerprint density at radius 1 is 1.45 bits per heavy atom. The summed E-state index contributed by atoms with van der Waals surface area (Å²) in [6, 6.07) is 0.0510. The highest BCUT2D eigenvalue weighted by Crippen LogP contribution is 2.28. The lowest BCUT2D eigenvalue weighted by Crippen LogP contribution is -2.40. The van der Waals surface area contributed by atoms with E-state index in [1.54, 1.807) is 24.0 Å². The number of thiazole rings is 1. The van der Waals surface area contributed by atoms with Gasteiger partial charge in [0.1, 0.15) is 0 Å². The molecule has 3 rings (SSSR count). The fourth-order valence-corrected chi connectivity index (χ4v) is 5.14. The molecule has 0 aromatic carbocycles. The summed E-state index contributed by atoms with van der Waals surface area (Å²) in [6.45, 7) is 2.78. The van der Waals surface area contributed by atoms with E-state index >= 15 is 0 Å². The summed E-state index contributed by atoms with van der Waals surface area (Å²) in [6.07, 6.45) is 6.56. The summed E-state index contributed by atoms with van der Waals surface area (Å²) in [5.74, 6) is 0. The van der Waals surface area contributed by atoms with Gasteiger partial charge >= 0.3 is 0 Å². The van der Waals surface area contributed by atoms with Crippen LogP contribution in [0.1, 0.15) is 23.9 Å². The summed E-state index contributed by atoms with van der Waals surface area (Å²) in [7, 11) is -3.44. The maximum atomic E-state index is 12.6. The number of nitrogens with zero attached hydrogens (tertiary/aromatic N) is 5. The van der Waals surface area contributed by atoms with Gasteiger partial charge in [-0.3, -0.25) is 0 Å². The normalized spacial score (nSPS) is 21.1. The number of aromatic nitrogens is 4. The molecule has 2 aromatic heterocycles. The van der Waals surface area contributed by atoms with E-state index in [-0.39, 0.29) is 6.04 Å². The largest absolute Gasteiger partial charge is 0.254 e. The van der Waals surface area contributed by atoms with Crippen molar-refractivity contribution in [2.75, 3.05) is 13.1 Å². The molecule has 1 saturated heterocycles. The minimum Gasteiger partial charge on any atom is -0.249 e. The molecule has 1 atom stereocenters. The number of rotatable bonds is 3. The van der Waals surface area contributed by atoms with Crippen LogP contribution < -0.4 is 0 Å². The topological polar surface area (TPSA) is 81.0 Å². The van der Waals surface area contributed by atoms with E-state index in [1.165, 1.54) is 21.8 Å². The molecule has 0 spiro atoms. The maximum absolute atomic E-state index is 12.6. The Morgan fingerprint density at radius 3 is 2.95 bits per heavy atom. The lowest BCUT2D eigenvalue weighted by molar-refractivity contribution is 0.251. The van der Waals surface area contributed by atoms with Crippen LogP contribution in [0.5, 0.6) is 0 Å². The number of piperidine rings is 1. The summed E-state index contributed by atoms with van der Waals surface area (Å²) >= 11 is 1.21. The van der Waals surface area contributed by atoms with E-state index in [0.717, 1.165) is 17.8 Å². The van der Waals surface area contributed by atoms with Gasteiger partial charge in [-0.15, -0.1) is 16.4 Å². The van der Waals surface area contributed by atoms with Crippen molar-refractivity contribution in [2.24, 2.45) is 0 Å². The van der Waals surface area contributed by atoms with Crippen LogP contribution >= 0.6 is 11.3 Å². The molecule has 0 radical (unpaired) electrons. The predicted octanol–water partition coefficient (Wildman–Crippen LogP) is 1.07. The molecule has 2 aromatic rings. The smallest absolute Gasteiger partial charge is 0.249 e. The maximum Gasteiger partial charge on any atom is 0.254 e. The number of hydrogen-bond donors (Lipinski definition) is 0. The van der Waals surface area contributed by atoms with Gasteiger partial charge in [-0.05, 0) is 19.8 Å². The average Bonchev–Trinajstić information content (AvgIpc) is 3.10. The highest BCUT2D eigenvalue weighted by atomic mass is 32.2. The molecule has 20 heavy (non-hydrogen) atoms. The molecule has 0 aliphatic carbocycles. The zero-order valence-corrected chi connectivity index (χ0v) is 12.6. The van der Waals surface area contributed by atoms with Crippen LogP contribution in [0.25, 0.3) is 0 Å². The first-order chi connectivity index (χ1) is 9.57. The van der Waals surface area contributed by atoms with Crippen molar-refractivity contribution in [1.82, 2.24) is 24.3 Å². The molecule has 0 unspecified atom stereocenters. The van der Waals surface area contributed by atoms with Crippen molar-refractivity contribution in [3.05, 3.63) is 23.6 Å². The van der Waals surface area contributed by atoms with Crippen molar-refractivity contribution in [1.29, 1.82) is 0 Å². The second-order valence-corrected chi connectivity index (χ2v) is 8.14. The summed E-state index contributed by atoms with van der Waals surface area (Å²) in [5, 5.41) is 8.51. The van der Waals surface area contributed by atoms with Crippen LogP contribution in [0.2, 0.25) is 0 Å². The minimum absolute atomic E-state index is 0.0510. The molecule has 1 aliphatic rings. The van der Waals surface area contributed by atoms with E-state index in [2.05, 4.69) is 15.3 Å². The Balaban J connectivity index is 1.83. The summed E-state index contributed by atoms with van der Waals surface area (Å²) < 4.78 is 28.7. The van der Waals surface area contributed by atoms with Crippen LogP contribution in [-0.2, 0) is 10.0 Å². The van der Waals surface area contributed by atoms with E-state index in [1.807, 2.05) is 0 Å². The Bertz CT molecular complexity index is 679. The zero-order chi connectivity index (χ0) is 14.2. The molecule has 0 N–H and O–H groups in total. The highest BCUT2D eigenvalue weighted by molar-refractivity contribution is 7.91. The van der Waals surface area contributed by atoms with Crippen LogP contribution in [-0.4, -0.2) is 45.8 Å². The summed E-state index contributed by atoms with van der Waals surface area (Å²) in [5.41, 5.74) is 0. The Kier molecular flexibility index (Phi) is 3.57. The van der Waals surface area contributed by atoms with Crippen LogP contribution in [0.4, 0.5) is 0 Å². The van der Waals surface area contributed by atoms with Crippen LogP contribution in [0, 0.1) is 6.92 Å². The second kappa shape index (κ2) is 5.23. The second-order valence-electron chi connectivity index (χ2n) is 4.74. The Hall–Kier alpha value is -1.32. The molecule has 9 heteroatoms. The fraction of sp³-hybridized carbons (Fsp3) is 0.545. The third-order valence-electron chi connectivity index (χ3n) is 3.37. The van der Waals surface area contributed by atoms with Crippen molar-refractivity contribution >= 4 is 21.4 Å². The van der Waals surface area contributed by atoms with Crippen molar-refractivity contribution < 1.29 is 8.42 Å². The molecule has 108 valence electrons. The van der Waals surface area contributed by atoms with Gasteiger partial charge in [0.15, 0.2) is 4.21 Å². The SMILES string of the molecule is Cc1ncc(S(=O)(=O)N2CCC[C@H](n3ccnn3)C2)s1. The van der Waals surface area contributed by atoms with Gasteiger partial charge in [-0.2, -0.15) is 4.31 Å². The molecule has 1 aliphatic heterocycles. The molecule has 0 bridgehead atoms. The molecule has 0 amide bonds. The van der Waals surface area contributed by atoms with E-state index in [0.29, 0.717) is 17.3 Å². The van der Waals surface area contributed by atoms with E-state index < -0.39 is 10.0 Å². The first-order valence-corrected chi connectivity index (χ1v) is 8.61. The molecular weight excluding hydrogens is 298 g/mol. The average molecular weight is 313 g/mol. The van der Waals surface area contributed by atoms with Gasteiger partial charge < -0.3 is 0 Å². The first-order valence-electron chi connectivity index (χ1n) is 6.36. The third kappa shape index (κ3) is 2.48. The zero-order valence-electron chi connectivity index (χ0n) is 11.0. The number of hydrogen-bond acceptors (Lipinski definition) is 6. The van der Waals surface area contributed by atoms with Crippen molar-refractivity contribution in [3.8, 4) is 0 Å². The standard InChI is InChI=1S/C11H15N5O2S2/c1-9-12-7-11(19-9)20(17,18)15-5-2-3-10(8-15)16-6-4-13-14-16/h4,6-7,10H,2-3,5,8H2,1H3/t10-/m0/s1. The quantitative estimate of drug-likeness (QED) is 0.846. The fourth-order valence-electron chi connectivity index (χ4n) is 2.36. The van der Waals surface area contributed by atoms with Gasteiger partial charge in [0.2, 0.25) is 0 Å². The van der Waals surface area contributed by atoms with Crippen LogP contribution in [0.3, 0.4) is 0 Å². The molecular formula is C11H15N5O2S2. The first kappa shape index (κ1) is 13.7. The molecule has 3 heterocycles. The Labute approximate surface area is 121 Å². The van der Waals surface area contributed by atoms with Gasteiger partial charge in [0.25, 0.3) is 10.0 Å². The van der Waals surface area contributed by atoms with Gasteiger partial charge in [0.05, 0.1) is 23.4 Å². The number of aryl methyl sites for hydroxylation is 1. The molecule has 1 fully saturated rings. The van der Waals surface area contributed by atoms with Gasteiger partial charge in [-0.1, -0.05) is 5.21 Å².